The third kappa shape index (κ3) is 2.08. The maximum Gasteiger partial charge on any atom is 0.421 e. The Morgan fingerprint density at radius 3 is 2.57 bits per heavy atom. The van der Waals surface area contributed by atoms with E-state index in [-0.39, 0.29) is 23.1 Å². The van der Waals surface area contributed by atoms with Crippen molar-refractivity contribution in [2.24, 2.45) is 11.8 Å². The average molecular weight is 329 g/mol. The monoisotopic (exact) mass is 327 g/mol. The molecule has 2 aliphatic carbocycles. The number of nitrogens with zero attached hydrogens (tertiary/aromatic N) is 1. The van der Waals surface area contributed by atoms with Crippen molar-refractivity contribution in [1.29, 1.82) is 0 Å². The Kier molecular flexibility index (Phi) is 4.25. The quantitative estimate of drug-likeness (QED) is 0.740. The summed E-state index contributed by atoms with van der Waals surface area (Å²) in [5.41, 5.74) is 0. The van der Waals surface area contributed by atoms with Gasteiger partial charge in [-0.15, -0.1) is 17.0 Å². The molecule has 0 aromatic heterocycles. The number of fused-ring (bicyclic) bond motifs is 2. The van der Waals surface area contributed by atoms with Gasteiger partial charge >= 0.3 is 6.09 Å². The Morgan fingerprint density at radius 1 is 1.43 bits per heavy atom. The molecule has 0 radical (unpaired) electrons. The molecule has 2 bridgehead atoms. The zero-order chi connectivity index (χ0) is 9.42. The molecule has 2 rings (SSSR count). The number of amides is 1. The van der Waals surface area contributed by atoms with E-state index in [0.717, 1.165) is 11.8 Å². The van der Waals surface area contributed by atoms with Gasteiger partial charge in [0, 0.05) is 13.1 Å². The van der Waals surface area contributed by atoms with Crippen molar-refractivity contribution in [3.8, 4) is 0 Å². The van der Waals surface area contributed by atoms with Gasteiger partial charge in [0.1, 0.15) is 0 Å². The number of rotatable bonds is 1. The summed E-state index contributed by atoms with van der Waals surface area (Å²) < 4.78 is 4.53. The van der Waals surface area contributed by atoms with Crippen molar-refractivity contribution >= 4 is 39.3 Å². The smallest absolute Gasteiger partial charge is 0.367 e. The second-order valence-electron chi connectivity index (χ2n) is 4.20. The summed E-state index contributed by atoms with van der Waals surface area (Å²) in [6.07, 6.45) is 4.86. The van der Waals surface area contributed by atoms with Gasteiger partial charge in [-0.05, 0) is 31.1 Å². The Labute approximate surface area is 103 Å². The first kappa shape index (κ1) is 12.3. The van der Waals surface area contributed by atoms with Gasteiger partial charge in [-0.3, -0.25) is 0 Å². The van der Waals surface area contributed by atoms with Crippen LogP contribution in [0.15, 0.2) is 0 Å². The molecule has 3 nitrogen and oxygen atoms in total. The lowest BCUT2D eigenvalue weighted by Crippen LogP contribution is -2.39. The van der Waals surface area contributed by atoms with Crippen molar-refractivity contribution in [2.75, 3.05) is 7.05 Å². The van der Waals surface area contributed by atoms with E-state index < -0.39 is 0 Å². The third-order valence-corrected chi connectivity index (χ3v) is 3.83. The first-order valence-electron chi connectivity index (χ1n) is 4.77. The van der Waals surface area contributed by atoms with E-state index in [0.29, 0.717) is 6.04 Å². The predicted molar refractivity (Wildman–Crippen MR) is 62.7 cm³/mol. The van der Waals surface area contributed by atoms with Crippen molar-refractivity contribution in [3.63, 3.8) is 0 Å². The number of hydrogen-bond acceptors (Lipinski definition) is 2. The zero-order valence-electron chi connectivity index (χ0n) is 8.11. The third-order valence-electron chi connectivity index (χ3n) is 3.55. The number of hydrogen-bond donors (Lipinski definition) is 0. The van der Waals surface area contributed by atoms with Gasteiger partial charge in [-0.1, -0.05) is 6.42 Å². The molecule has 0 N–H and O–H groups in total. The van der Waals surface area contributed by atoms with E-state index in [1.807, 2.05) is 7.05 Å². The fraction of sp³-hybridized carbons (Fsp3) is 0.889. The van der Waals surface area contributed by atoms with Gasteiger partial charge in [-0.2, -0.15) is 0 Å². The van der Waals surface area contributed by atoms with Gasteiger partial charge in [0.15, 0.2) is 16.3 Å². The lowest BCUT2D eigenvalue weighted by Gasteiger charge is -2.29. The molecule has 0 spiro atoms. The van der Waals surface area contributed by atoms with Crippen LogP contribution >= 0.6 is 33.2 Å². The molecular weight excluding hydrogens is 314 g/mol. The van der Waals surface area contributed by atoms with Gasteiger partial charge < -0.3 is 8.73 Å². The van der Waals surface area contributed by atoms with Gasteiger partial charge in [0.25, 0.3) is 0 Å². The summed E-state index contributed by atoms with van der Waals surface area (Å²) in [7, 11) is 1.83. The lowest BCUT2D eigenvalue weighted by atomic mass is 9.95. The minimum Gasteiger partial charge on any atom is -0.367 e. The Balaban J connectivity index is 0.000000980. The van der Waals surface area contributed by atoms with Crippen LogP contribution in [0.1, 0.15) is 25.7 Å². The highest BCUT2D eigenvalue weighted by molar-refractivity contribution is 9.06. The normalized spacial score (nSPS) is 33.7. The highest BCUT2D eigenvalue weighted by Gasteiger charge is 2.42. The summed E-state index contributed by atoms with van der Waals surface area (Å²) in [5, 5.41) is 0. The van der Waals surface area contributed by atoms with Crippen molar-refractivity contribution in [2.45, 2.75) is 31.7 Å². The molecule has 0 aliphatic heterocycles. The van der Waals surface area contributed by atoms with Crippen LogP contribution < -0.4 is 0 Å². The van der Waals surface area contributed by atoms with Crippen LogP contribution in [0.2, 0.25) is 0 Å². The molecule has 1 amide bonds. The Hall–Kier alpha value is 0.230. The molecule has 2 fully saturated rings. The van der Waals surface area contributed by atoms with Crippen LogP contribution in [0.5, 0.6) is 0 Å². The first-order chi connectivity index (χ1) is 6.22. The van der Waals surface area contributed by atoms with E-state index in [9.17, 15) is 4.79 Å². The maximum atomic E-state index is 11.2. The SMILES string of the molecule is Br.CN(C(=O)OBr)C1CC2CCC1C2. The lowest BCUT2D eigenvalue weighted by molar-refractivity contribution is 0.136. The summed E-state index contributed by atoms with van der Waals surface area (Å²) in [6.45, 7) is 0. The molecule has 0 heterocycles. The average Bonchev–Trinajstić information content (AvgIpc) is 2.76. The fourth-order valence-electron chi connectivity index (χ4n) is 2.88. The van der Waals surface area contributed by atoms with Crippen LogP contribution in [0, 0.1) is 11.8 Å². The predicted octanol–water partition coefficient (Wildman–Crippen LogP) is 3.13. The molecule has 0 aromatic rings. The molecule has 14 heavy (non-hydrogen) atoms. The summed E-state index contributed by atoms with van der Waals surface area (Å²) >= 11 is 2.72. The minimum absolute atomic E-state index is 0. The Morgan fingerprint density at radius 2 is 2.14 bits per heavy atom. The molecule has 5 heteroatoms. The van der Waals surface area contributed by atoms with E-state index in [2.05, 4.69) is 20.1 Å². The molecule has 2 aliphatic rings. The van der Waals surface area contributed by atoms with Crippen molar-refractivity contribution in [3.05, 3.63) is 0 Å². The van der Waals surface area contributed by atoms with E-state index in [1.165, 1.54) is 25.7 Å². The number of carbonyl (C=O) groups is 1. The standard InChI is InChI=1S/C9H14BrNO2.BrH/c1-11(9(12)13-10)8-5-6-2-3-7(8)4-6;/h6-8H,2-5H2,1H3;1H. The van der Waals surface area contributed by atoms with Crippen molar-refractivity contribution < 1.29 is 8.62 Å². The first-order valence-corrected chi connectivity index (χ1v) is 5.42. The Bertz CT molecular complexity index is 225. The highest BCUT2D eigenvalue weighted by Crippen LogP contribution is 2.46. The fourth-order valence-corrected chi connectivity index (χ4v) is 3.10. The molecule has 2 saturated carbocycles. The van der Waals surface area contributed by atoms with Crippen LogP contribution in [-0.2, 0) is 3.83 Å². The summed E-state index contributed by atoms with van der Waals surface area (Å²) in [6, 6.07) is 0.420. The highest BCUT2D eigenvalue weighted by atomic mass is 79.9. The molecule has 82 valence electrons. The molecule has 3 atom stereocenters. The maximum absolute atomic E-state index is 11.2. The largest absolute Gasteiger partial charge is 0.421 e. The second-order valence-corrected chi connectivity index (χ2v) is 4.52. The zero-order valence-corrected chi connectivity index (χ0v) is 11.4. The molecule has 3 unspecified atom stereocenters. The minimum atomic E-state index is -0.266. The number of carbonyl (C=O) groups excluding carboxylic acids is 1. The molecular formula is C9H15Br2NO2. The van der Waals surface area contributed by atoms with Gasteiger partial charge in [0.2, 0.25) is 0 Å². The number of halogens is 2. The van der Waals surface area contributed by atoms with E-state index in [1.54, 1.807) is 4.90 Å². The molecule has 0 saturated heterocycles. The topological polar surface area (TPSA) is 29.5 Å². The molecule has 0 aromatic carbocycles. The van der Waals surface area contributed by atoms with Gasteiger partial charge in [-0.25, -0.2) is 4.79 Å². The van der Waals surface area contributed by atoms with Crippen LogP contribution in [0.4, 0.5) is 4.79 Å². The van der Waals surface area contributed by atoms with Crippen LogP contribution in [-0.4, -0.2) is 24.1 Å². The van der Waals surface area contributed by atoms with E-state index in [4.69, 9.17) is 0 Å². The van der Waals surface area contributed by atoms with Crippen LogP contribution in [0.3, 0.4) is 0 Å². The summed E-state index contributed by atoms with van der Waals surface area (Å²) in [5.74, 6) is 1.59. The van der Waals surface area contributed by atoms with Gasteiger partial charge in [0.05, 0.1) is 0 Å². The second kappa shape index (κ2) is 4.84. The van der Waals surface area contributed by atoms with E-state index >= 15 is 0 Å². The van der Waals surface area contributed by atoms with Crippen molar-refractivity contribution in [1.82, 2.24) is 4.90 Å². The van der Waals surface area contributed by atoms with Crippen LogP contribution in [0.25, 0.3) is 0 Å². The summed E-state index contributed by atoms with van der Waals surface area (Å²) in [4.78, 5) is 13.0.